The minimum absolute atomic E-state index is 0.109. The van der Waals surface area contributed by atoms with Gasteiger partial charge >= 0.3 is 0 Å². The maximum absolute atomic E-state index is 5.73. The lowest BCUT2D eigenvalue weighted by Gasteiger charge is -2.29. The van der Waals surface area contributed by atoms with Gasteiger partial charge in [0.1, 0.15) is 5.75 Å². The molecule has 0 heterocycles. The van der Waals surface area contributed by atoms with E-state index in [4.69, 9.17) is 4.74 Å². The average molecular weight is 378 g/mol. The second-order valence-corrected chi connectivity index (χ2v) is 9.08. The van der Waals surface area contributed by atoms with Gasteiger partial charge in [-0.25, -0.2) is 0 Å². The van der Waals surface area contributed by atoms with E-state index in [-0.39, 0.29) is 10.8 Å². The Morgan fingerprint density at radius 1 is 0.944 bits per heavy atom. The first kappa shape index (κ1) is 16.2. The monoisotopic (exact) mass is 378 g/mol. The van der Waals surface area contributed by atoms with Crippen molar-refractivity contribution in [2.24, 2.45) is 0 Å². The predicted octanol–water partition coefficient (Wildman–Crippen LogP) is 4.94. The van der Waals surface area contributed by atoms with E-state index in [1.54, 1.807) is 7.11 Å². The van der Waals surface area contributed by atoms with Crippen LogP contribution >= 0.6 is 28.3 Å². The van der Waals surface area contributed by atoms with E-state index in [0.717, 1.165) is 12.0 Å². The van der Waals surface area contributed by atoms with Crippen molar-refractivity contribution in [3.05, 3.63) is 23.3 Å². The molecular formula is C15H24IOP. The maximum Gasteiger partial charge on any atom is 0.126 e. The van der Waals surface area contributed by atoms with E-state index in [0.29, 0.717) is 0 Å². The van der Waals surface area contributed by atoms with Crippen molar-refractivity contribution >= 4 is 33.6 Å². The fraction of sp³-hybridized carbons (Fsp3) is 0.600. The number of methoxy groups -OCH3 is 1. The molecule has 1 rings (SSSR count). The first-order valence-corrected chi connectivity index (χ1v) is 10.3. The standard InChI is InChI=1S/C15H24IOP/c1-14(2,3)11-8-10(18-16)9-12(13(11)17-7)15(4,5)6/h8-9,18H,1-7H3. The minimum Gasteiger partial charge on any atom is -0.496 e. The van der Waals surface area contributed by atoms with E-state index in [9.17, 15) is 0 Å². The summed E-state index contributed by atoms with van der Waals surface area (Å²) in [6.45, 7) is 13.5. The number of hydrogen-bond acceptors (Lipinski definition) is 1. The first-order valence-electron chi connectivity index (χ1n) is 6.21. The van der Waals surface area contributed by atoms with Gasteiger partial charge in [0.05, 0.1) is 7.11 Å². The quantitative estimate of drug-likeness (QED) is 0.523. The fourth-order valence-corrected chi connectivity index (χ4v) is 3.35. The van der Waals surface area contributed by atoms with Gasteiger partial charge in [-0.2, -0.15) is 0 Å². The molecule has 1 aromatic rings. The second-order valence-electron chi connectivity index (χ2n) is 6.70. The van der Waals surface area contributed by atoms with Crippen LogP contribution in [0.3, 0.4) is 0 Å². The fourth-order valence-electron chi connectivity index (χ4n) is 2.02. The van der Waals surface area contributed by atoms with E-state index in [1.165, 1.54) is 16.4 Å². The highest BCUT2D eigenvalue weighted by Crippen LogP contribution is 2.40. The molecule has 0 aliphatic carbocycles. The third kappa shape index (κ3) is 3.60. The average Bonchev–Trinajstić information content (AvgIpc) is 2.24. The lowest BCUT2D eigenvalue weighted by atomic mass is 9.79. The lowest BCUT2D eigenvalue weighted by molar-refractivity contribution is 0.382. The SMILES string of the molecule is COc1c(C(C)(C)C)cc(PI)cc1C(C)(C)C. The van der Waals surface area contributed by atoms with Crippen LogP contribution in [0.2, 0.25) is 0 Å². The van der Waals surface area contributed by atoms with Gasteiger partial charge in [0.15, 0.2) is 0 Å². The first-order chi connectivity index (χ1) is 8.11. The van der Waals surface area contributed by atoms with Gasteiger partial charge in [0, 0.05) is 11.1 Å². The Labute approximate surface area is 126 Å². The predicted molar refractivity (Wildman–Crippen MR) is 92.4 cm³/mol. The largest absolute Gasteiger partial charge is 0.496 e. The van der Waals surface area contributed by atoms with Crippen LogP contribution in [0.5, 0.6) is 5.75 Å². The molecule has 0 N–H and O–H groups in total. The molecule has 18 heavy (non-hydrogen) atoms. The summed E-state index contributed by atoms with van der Waals surface area (Å²) in [7, 11) is 1.78. The van der Waals surface area contributed by atoms with E-state index in [2.05, 4.69) is 75.7 Å². The number of halogens is 1. The van der Waals surface area contributed by atoms with Gasteiger partial charge < -0.3 is 4.74 Å². The summed E-state index contributed by atoms with van der Waals surface area (Å²) in [4.78, 5) is 0. The zero-order chi connectivity index (χ0) is 14.1. The molecule has 0 fully saturated rings. The van der Waals surface area contributed by atoms with Crippen LogP contribution in [0.4, 0.5) is 0 Å². The van der Waals surface area contributed by atoms with Crippen LogP contribution < -0.4 is 10.0 Å². The Balaban J connectivity index is 3.61. The molecule has 1 aromatic carbocycles. The second kappa shape index (κ2) is 5.66. The highest BCUT2D eigenvalue weighted by molar-refractivity contribution is 14.2. The molecule has 0 radical (unpaired) electrons. The Morgan fingerprint density at radius 2 is 1.33 bits per heavy atom. The van der Waals surface area contributed by atoms with Gasteiger partial charge in [-0.1, -0.05) is 63.6 Å². The van der Waals surface area contributed by atoms with Gasteiger partial charge in [-0.15, -0.1) is 0 Å². The van der Waals surface area contributed by atoms with Crippen molar-refractivity contribution in [2.45, 2.75) is 52.4 Å². The van der Waals surface area contributed by atoms with Crippen molar-refractivity contribution in [2.75, 3.05) is 7.11 Å². The van der Waals surface area contributed by atoms with Crippen LogP contribution in [0.1, 0.15) is 52.7 Å². The summed E-state index contributed by atoms with van der Waals surface area (Å²) in [6.07, 6.45) is 0.793. The Hall–Kier alpha value is 0.180. The van der Waals surface area contributed by atoms with Crippen molar-refractivity contribution < 1.29 is 4.74 Å². The van der Waals surface area contributed by atoms with Gasteiger partial charge in [0.2, 0.25) is 0 Å². The number of rotatable bonds is 2. The molecule has 0 aliphatic heterocycles. The summed E-state index contributed by atoms with van der Waals surface area (Å²) < 4.78 is 5.73. The summed E-state index contributed by atoms with van der Waals surface area (Å²) in [5.74, 6) is 1.06. The van der Waals surface area contributed by atoms with Crippen molar-refractivity contribution in [3.8, 4) is 5.75 Å². The molecule has 1 atom stereocenters. The zero-order valence-electron chi connectivity index (χ0n) is 12.4. The van der Waals surface area contributed by atoms with Gasteiger partial charge in [0.25, 0.3) is 0 Å². The smallest absolute Gasteiger partial charge is 0.126 e. The summed E-state index contributed by atoms with van der Waals surface area (Å²) >= 11 is 2.45. The molecular weight excluding hydrogens is 354 g/mol. The Kier molecular flexibility index (Phi) is 5.11. The maximum atomic E-state index is 5.73. The molecule has 0 spiro atoms. The van der Waals surface area contributed by atoms with E-state index >= 15 is 0 Å². The molecule has 0 amide bonds. The minimum atomic E-state index is 0.109. The molecule has 0 bridgehead atoms. The van der Waals surface area contributed by atoms with Crippen molar-refractivity contribution in [3.63, 3.8) is 0 Å². The number of ether oxygens (including phenoxy) is 1. The van der Waals surface area contributed by atoms with Crippen LogP contribution in [-0.2, 0) is 10.8 Å². The Bertz CT molecular complexity index is 392. The topological polar surface area (TPSA) is 9.23 Å². The molecule has 1 nitrogen and oxygen atoms in total. The molecule has 102 valence electrons. The normalized spacial score (nSPS) is 13.3. The van der Waals surface area contributed by atoms with E-state index in [1.807, 2.05) is 0 Å². The highest BCUT2D eigenvalue weighted by Gasteiger charge is 2.27. The number of hydrogen-bond donors (Lipinski definition) is 0. The lowest BCUT2D eigenvalue weighted by Crippen LogP contribution is -2.21. The van der Waals surface area contributed by atoms with Crippen LogP contribution in [0.25, 0.3) is 0 Å². The van der Waals surface area contributed by atoms with Gasteiger partial charge in [-0.05, 0) is 34.5 Å². The molecule has 0 saturated carbocycles. The molecule has 0 aromatic heterocycles. The summed E-state index contributed by atoms with van der Waals surface area (Å²) in [5.41, 5.74) is 2.85. The van der Waals surface area contributed by atoms with Gasteiger partial charge in [-0.3, -0.25) is 0 Å². The summed E-state index contributed by atoms with van der Waals surface area (Å²) in [5, 5.41) is 1.41. The van der Waals surface area contributed by atoms with Crippen LogP contribution in [0, 0.1) is 0 Å². The van der Waals surface area contributed by atoms with Crippen molar-refractivity contribution in [1.82, 2.24) is 0 Å². The highest BCUT2D eigenvalue weighted by atomic mass is 127. The zero-order valence-corrected chi connectivity index (χ0v) is 15.6. The number of benzene rings is 1. The Morgan fingerprint density at radius 3 is 1.56 bits per heavy atom. The molecule has 0 aliphatic rings. The van der Waals surface area contributed by atoms with Crippen molar-refractivity contribution in [1.29, 1.82) is 0 Å². The molecule has 1 unspecified atom stereocenters. The van der Waals surface area contributed by atoms with Crippen LogP contribution in [-0.4, -0.2) is 7.11 Å². The molecule has 3 heteroatoms. The van der Waals surface area contributed by atoms with Crippen LogP contribution in [0.15, 0.2) is 12.1 Å². The van der Waals surface area contributed by atoms with E-state index < -0.39 is 0 Å². The third-order valence-corrected chi connectivity index (χ3v) is 5.39. The third-order valence-electron chi connectivity index (χ3n) is 3.02. The summed E-state index contributed by atoms with van der Waals surface area (Å²) in [6, 6.07) is 4.61. The molecule has 0 saturated heterocycles.